The van der Waals surface area contributed by atoms with Crippen LogP contribution in [-0.2, 0) is 7.05 Å². The molecule has 2 fully saturated rings. The summed E-state index contributed by atoms with van der Waals surface area (Å²) in [7, 11) is 1.79. The first kappa shape index (κ1) is 18.7. The van der Waals surface area contributed by atoms with Gasteiger partial charge in [-0.3, -0.25) is 14.3 Å². The van der Waals surface area contributed by atoms with Gasteiger partial charge in [-0.25, -0.2) is 0 Å². The molecule has 4 heterocycles. The third-order valence-electron chi connectivity index (χ3n) is 6.48. The first-order chi connectivity index (χ1) is 14.5. The lowest BCUT2D eigenvalue weighted by Gasteiger charge is -2.30. The highest BCUT2D eigenvalue weighted by atomic mass is 16.3. The summed E-state index contributed by atoms with van der Waals surface area (Å²) in [5.74, 6) is 1.07. The number of furan rings is 1. The summed E-state index contributed by atoms with van der Waals surface area (Å²) in [6.45, 7) is 3.71. The van der Waals surface area contributed by atoms with Gasteiger partial charge in [-0.1, -0.05) is 30.3 Å². The third kappa shape index (κ3) is 2.93. The number of benzene rings is 1. The van der Waals surface area contributed by atoms with Gasteiger partial charge in [0.1, 0.15) is 11.5 Å². The third-order valence-corrected chi connectivity index (χ3v) is 6.48. The number of hydrogen-bond acceptors (Lipinski definition) is 4. The second kappa shape index (κ2) is 7.16. The molecule has 2 aromatic heterocycles. The Kier molecular flexibility index (Phi) is 4.46. The zero-order valence-electron chi connectivity index (χ0n) is 17.1. The molecule has 3 aromatic rings. The Morgan fingerprint density at radius 1 is 1.03 bits per heavy atom. The van der Waals surface area contributed by atoms with E-state index >= 15 is 0 Å². The van der Waals surface area contributed by atoms with E-state index in [2.05, 4.69) is 17.2 Å². The number of carbonyl (C=O) groups is 2. The highest BCUT2D eigenvalue weighted by molar-refractivity contribution is 5.95. The van der Waals surface area contributed by atoms with Crippen LogP contribution in [0.2, 0.25) is 0 Å². The minimum atomic E-state index is -0.0677. The number of aryl methyl sites for hydroxylation is 2. The Balaban J connectivity index is 1.45. The SMILES string of the molecule is Cc1occc1C(=O)N1C[C@H]2CN(C(=O)c3ccnn3C)[C@H](c3ccccc3)[C@H]2C1. The Hall–Kier alpha value is -3.35. The molecule has 2 amide bonds. The maximum absolute atomic E-state index is 13.4. The summed E-state index contributed by atoms with van der Waals surface area (Å²) in [6, 6.07) is 13.6. The van der Waals surface area contributed by atoms with Crippen molar-refractivity contribution in [3.05, 3.63) is 77.5 Å². The number of amides is 2. The number of rotatable bonds is 3. The molecule has 0 unspecified atom stereocenters. The van der Waals surface area contributed by atoms with Crippen LogP contribution >= 0.6 is 0 Å². The molecule has 0 spiro atoms. The zero-order chi connectivity index (χ0) is 20.8. The summed E-state index contributed by atoms with van der Waals surface area (Å²) in [6.07, 6.45) is 3.20. The maximum atomic E-state index is 13.4. The van der Waals surface area contributed by atoms with Gasteiger partial charge in [0.25, 0.3) is 11.8 Å². The molecule has 2 aliphatic heterocycles. The van der Waals surface area contributed by atoms with Gasteiger partial charge in [-0.15, -0.1) is 0 Å². The van der Waals surface area contributed by atoms with E-state index in [0.29, 0.717) is 36.7 Å². The molecule has 3 atom stereocenters. The molecular weight excluding hydrogens is 380 g/mol. The van der Waals surface area contributed by atoms with Crippen molar-refractivity contribution < 1.29 is 14.0 Å². The van der Waals surface area contributed by atoms with Gasteiger partial charge >= 0.3 is 0 Å². The number of nitrogens with zero attached hydrogens (tertiary/aromatic N) is 4. The highest BCUT2D eigenvalue weighted by Crippen LogP contribution is 2.45. The van der Waals surface area contributed by atoms with Crippen LogP contribution in [-0.4, -0.2) is 51.0 Å². The second-order valence-electron chi connectivity index (χ2n) is 8.18. The fourth-order valence-corrected chi connectivity index (χ4v) is 5.01. The van der Waals surface area contributed by atoms with E-state index in [0.717, 1.165) is 5.56 Å². The summed E-state index contributed by atoms with van der Waals surface area (Å²) in [4.78, 5) is 30.3. The molecule has 2 saturated heterocycles. The summed E-state index contributed by atoms with van der Waals surface area (Å²) in [5, 5.41) is 4.16. The average Bonchev–Trinajstić information content (AvgIpc) is 3.51. The fraction of sp³-hybridized carbons (Fsp3) is 0.348. The first-order valence-electron chi connectivity index (χ1n) is 10.2. The van der Waals surface area contributed by atoms with Crippen molar-refractivity contribution in [1.82, 2.24) is 19.6 Å². The zero-order valence-corrected chi connectivity index (χ0v) is 17.1. The molecule has 7 nitrogen and oxygen atoms in total. The van der Waals surface area contributed by atoms with Crippen LogP contribution in [0.15, 0.2) is 59.3 Å². The largest absolute Gasteiger partial charge is 0.469 e. The Bertz CT molecular complexity index is 1090. The number of carbonyl (C=O) groups excluding carboxylic acids is 2. The van der Waals surface area contributed by atoms with E-state index in [1.165, 1.54) is 0 Å². The minimum Gasteiger partial charge on any atom is -0.469 e. The smallest absolute Gasteiger partial charge is 0.272 e. The van der Waals surface area contributed by atoms with Crippen molar-refractivity contribution in [1.29, 1.82) is 0 Å². The van der Waals surface area contributed by atoms with E-state index in [1.807, 2.05) is 34.9 Å². The quantitative estimate of drug-likeness (QED) is 0.673. The Labute approximate surface area is 174 Å². The summed E-state index contributed by atoms with van der Waals surface area (Å²) in [5.41, 5.74) is 2.31. The summed E-state index contributed by atoms with van der Waals surface area (Å²) < 4.78 is 6.94. The van der Waals surface area contributed by atoms with Crippen LogP contribution < -0.4 is 0 Å². The Morgan fingerprint density at radius 3 is 2.50 bits per heavy atom. The number of hydrogen-bond donors (Lipinski definition) is 0. The van der Waals surface area contributed by atoms with Gasteiger partial charge < -0.3 is 14.2 Å². The molecule has 0 saturated carbocycles. The first-order valence-corrected chi connectivity index (χ1v) is 10.2. The summed E-state index contributed by atoms with van der Waals surface area (Å²) >= 11 is 0. The van der Waals surface area contributed by atoms with Crippen LogP contribution in [0, 0.1) is 18.8 Å². The molecule has 1 aromatic carbocycles. The van der Waals surface area contributed by atoms with E-state index in [1.54, 1.807) is 36.3 Å². The lowest BCUT2D eigenvalue weighted by Crippen LogP contribution is -2.38. The minimum absolute atomic E-state index is 0.00646. The van der Waals surface area contributed by atoms with Crippen LogP contribution in [0.1, 0.15) is 38.2 Å². The molecule has 0 radical (unpaired) electrons. The van der Waals surface area contributed by atoms with Gasteiger partial charge in [-0.05, 0) is 24.6 Å². The predicted octanol–water partition coefficient (Wildman–Crippen LogP) is 2.91. The predicted molar refractivity (Wildman–Crippen MR) is 110 cm³/mol. The van der Waals surface area contributed by atoms with E-state index < -0.39 is 0 Å². The highest BCUT2D eigenvalue weighted by Gasteiger charge is 2.50. The lowest BCUT2D eigenvalue weighted by atomic mass is 9.89. The number of fused-ring (bicyclic) bond motifs is 1. The average molecular weight is 404 g/mol. The van der Waals surface area contributed by atoms with E-state index in [-0.39, 0.29) is 29.7 Å². The second-order valence-corrected chi connectivity index (χ2v) is 8.18. The van der Waals surface area contributed by atoms with Gasteiger partial charge in [0, 0.05) is 44.7 Å². The molecule has 5 rings (SSSR count). The van der Waals surface area contributed by atoms with Gasteiger partial charge in [0.2, 0.25) is 0 Å². The Morgan fingerprint density at radius 2 is 1.83 bits per heavy atom. The number of aromatic nitrogens is 2. The standard InChI is InChI=1S/C23H24N4O3/c1-15-18(9-11-30-15)22(28)26-12-17-13-27(23(29)20-8-10-24-25(20)2)21(19(17)14-26)16-6-4-3-5-7-16/h3-11,17,19,21H,12-14H2,1-2H3/t17-,19-,21+/m0/s1. The molecule has 0 N–H and O–H groups in total. The van der Waals surface area contributed by atoms with Gasteiger partial charge in [-0.2, -0.15) is 5.10 Å². The molecular formula is C23H24N4O3. The van der Waals surface area contributed by atoms with Crippen molar-refractivity contribution >= 4 is 11.8 Å². The molecule has 30 heavy (non-hydrogen) atoms. The van der Waals surface area contributed by atoms with Crippen LogP contribution in [0.3, 0.4) is 0 Å². The van der Waals surface area contributed by atoms with Crippen molar-refractivity contribution in [3.8, 4) is 0 Å². The number of likely N-dealkylation sites (tertiary alicyclic amines) is 2. The maximum Gasteiger partial charge on any atom is 0.272 e. The van der Waals surface area contributed by atoms with E-state index in [4.69, 9.17) is 4.42 Å². The fourth-order valence-electron chi connectivity index (χ4n) is 5.01. The lowest BCUT2D eigenvalue weighted by molar-refractivity contribution is 0.0668. The molecule has 0 bridgehead atoms. The van der Waals surface area contributed by atoms with Crippen LogP contribution in [0.4, 0.5) is 0 Å². The van der Waals surface area contributed by atoms with Crippen LogP contribution in [0.25, 0.3) is 0 Å². The van der Waals surface area contributed by atoms with Crippen molar-refractivity contribution in [2.75, 3.05) is 19.6 Å². The molecule has 154 valence electrons. The van der Waals surface area contributed by atoms with E-state index in [9.17, 15) is 9.59 Å². The topological polar surface area (TPSA) is 71.6 Å². The normalized spacial score (nSPS) is 23.1. The van der Waals surface area contributed by atoms with Crippen molar-refractivity contribution in [3.63, 3.8) is 0 Å². The monoisotopic (exact) mass is 404 g/mol. The molecule has 7 heteroatoms. The van der Waals surface area contributed by atoms with Crippen LogP contribution in [0.5, 0.6) is 0 Å². The molecule has 2 aliphatic rings. The van der Waals surface area contributed by atoms with Crippen molar-refractivity contribution in [2.45, 2.75) is 13.0 Å². The van der Waals surface area contributed by atoms with Gasteiger partial charge in [0.15, 0.2) is 0 Å². The van der Waals surface area contributed by atoms with Gasteiger partial charge in [0.05, 0.1) is 17.9 Å². The van der Waals surface area contributed by atoms with Crippen molar-refractivity contribution in [2.24, 2.45) is 18.9 Å². The molecule has 0 aliphatic carbocycles.